The van der Waals surface area contributed by atoms with E-state index in [0.29, 0.717) is 0 Å². The lowest BCUT2D eigenvalue weighted by atomic mass is 9.93. The number of amides is 2. The van der Waals surface area contributed by atoms with Crippen LogP contribution in [0, 0.1) is 0 Å². The summed E-state index contributed by atoms with van der Waals surface area (Å²) in [5.74, 6) is -8.76. The molecule has 0 spiro atoms. The van der Waals surface area contributed by atoms with E-state index in [1.54, 1.807) is 0 Å². The smallest absolute Gasteiger partial charge is 0.303 e. The largest absolute Gasteiger partial charge is 0.463 e. The molecule has 0 aromatic carbocycles. The van der Waals surface area contributed by atoms with Gasteiger partial charge in [-0.05, 0) is 0 Å². The standard InChI is InChI=1S/C38H54N2O24/c1-14(41)39-27-32(57-21(8)48)29(55-19(6)46)25(12-53-17(4)44)61-37(27)63-30-26(13-54-18(5)45)62-38(28(40-15(2)42)33(30)58-22(9)49)64-35-34(59-23(10)50)31(56-20(7)47)24(60-36(35)51)11-52-16(3)43/h24-38,51H,11-13H2,1-10H3,(H,39,41)(H,40,42)/t24-,25-,26-,27-,28-,29+,30-,31-,32-,33-,34+,35+,36+,37+,38+/m1/s1. The number of esters is 8. The van der Waals surface area contributed by atoms with Gasteiger partial charge >= 0.3 is 47.8 Å². The van der Waals surface area contributed by atoms with Gasteiger partial charge in [0.05, 0.1) is 0 Å². The van der Waals surface area contributed by atoms with Crippen LogP contribution in [0.2, 0.25) is 0 Å². The number of carbonyl (C=O) groups excluding carboxylic acids is 10. The van der Waals surface area contributed by atoms with Crippen LogP contribution in [0.3, 0.4) is 0 Å². The summed E-state index contributed by atoms with van der Waals surface area (Å²) < 4.78 is 73.6. The van der Waals surface area contributed by atoms with Crippen LogP contribution in [0.15, 0.2) is 0 Å². The second-order valence-corrected chi connectivity index (χ2v) is 14.6. The monoisotopic (exact) mass is 922 g/mol. The predicted molar refractivity (Wildman–Crippen MR) is 201 cm³/mol. The topological polar surface area (TPSA) is 335 Å². The van der Waals surface area contributed by atoms with E-state index in [1.165, 1.54) is 0 Å². The number of ether oxygens (including phenoxy) is 13. The van der Waals surface area contributed by atoms with Gasteiger partial charge in [-0.25, -0.2) is 0 Å². The van der Waals surface area contributed by atoms with Gasteiger partial charge in [0.15, 0.2) is 55.5 Å². The molecule has 3 saturated heterocycles. The molecule has 0 bridgehead atoms. The van der Waals surface area contributed by atoms with Crippen LogP contribution in [0.1, 0.15) is 69.2 Å². The number of aliphatic hydroxyl groups excluding tert-OH is 1. The summed E-state index contributed by atoms with van der Waals surface area (Å²) in [6.45, 7) is 8.30. The van der Waals surface area contributed by atoms with Crippen molar-refractivity contribution in [2.75, 3.05) is 19.8 Å². The van der Waals surface area contributed by atoms with Crippen molar-refractivity contribution in [3.05, 3.63) is 0 Å². The molecule has 26 heteroatoms. The Morgan fingerprint density at radius 1 is 0.391 bits per heavy atom. The highest BCUT2D eigenvalue weighted by Gasteiger charge is 2.58. The highest BCUT2D eigenvalue weighted by atomic mass is 16.8. The molecule has 0 aliphatic carbocycles. The molecule has 0 aromatic rings. The maximum Gasteiger partial charge on any atom is 0.303 e. The van der Waals surface area contributed by atoms with Gasteiger partial charge in [0, 0.05) is 69.2 Å². The predicted octanol–water partition coefficient (Wildman–Crippen LogP) is -2.72. The van der Waals surface area contributed by atoms with Crippen LogP contribution in [-0.2, 0) is 110 Å². The van der Waals surface area contributed by atoms with Gasteiger partial charge < -0.3 is 77.3 Å². The van der Waals surface area contributed by atoms with Crippen molar-refractivity contribution >= 4 is 59.6 Å². The fraction of sp³-hybridized carbons (Fsp3) is 0.737. The van der Waals surface area contributed by atoms with E-state index in [-0.39, 0.29) is 0 Å². The molecule has 0 saturated carbocycles. The summed E-state index contributed by atoms with van der Waals surface area (Å²) in [4.78, 5) is 124. The van der Waals surface area contributed by atoms with E-state index in [2.05, 4.69) is 10.6 Å². The third kappa shape index (κ3) is 15.6. The first-order valence-corrected chi connectivity index (χ1v) is 19.6. The summed E-state index contributed by atoms with van der Waals surface area (Å²) in [6, 6.07) is -3.29. The van der Waals surface area contributed by atoms with Crippen LogP contribution in [0.25, 0.3) is 0 Å². The average Bonchev–Trinajstić information content (AvgIpc) is 3.14. The Bertz CT molecular complexity index is 1740. The van der Waals surface area contributed by atoms with Crippen LogP contribution in [0.4, 0.5) is 0 Å². The highest BCUT2D eigenvalue weighted by Crippen LogP contribution is 2.36. The lowest BCUT2D eigenvalue weighted by molar-refractivity contribution is -0.363. The summed E-state index contributed by atoms with van der Waals surface area (Å²) in [6.07, 6.45) is -22.4. The Balaban J connectivity index is 2.23. The molecule has 0 unspecified atom stereocenters. The number of carbonyl (C=O) groups is 10. The molecule has 15 atom stereocenters. The zero-order valence-electron chi connectivity index (χ0n) is 36.6. The minimum atomic E-state index is -2.10. The van der Waals surface area contributed by atoms with Crippen molar-refractivity contribution in [3.8, 4) is 0 Å². The van der Waals surface area contributed by atoms with E-state index in [4.69, 9.17) is 61.6 Å². The van der Waals surface area contributed by atoms with Gasteiger partial charge in [-0.15, -0.1) is 0 Å². The quantitative estimate of drug-likeness (QED) is 0.0985. The Hall–Kier alpha value is -5.54. The maximum absolute atomic E-state index is 12.9. The van der Waals surface area contributed by atoms with Gasteiger partial charge in [-0.2, -0.15) is 0 Å². The molecule has 3 fully saturated rings. The molecule has 0 radical (unpaired) electrons. The Morgan fingerprint density at radius 2 is 0.688 bits per heavy atom. The van der Waals surface area contributed by atoms with Gasteiger partial charge in [0.1, 0.15) is 56.3 Å². The van der Waals surface area contributed by atoms with E-state index < -0.39 is 171 Å². The van der Waals surface area contributed by atoms with Crippen LogP contribution >= 0.6 is 0 Å². The Kier molecular flexibility index (Phi) is 19.8. The Labute approximate surface area is 365 Å². The van der Waals surface area contributed by atoms with Crippen molar-refractivity contribution in [2.24, 2.45) is 0 Å². The molecule has 3 heterocycles. The van der Waals surface area contributed by atoms with Crippen molar-refractivity contribution in [3.63, 3.8) is 0 Å². The SMILES string of the molecule is CC(=O)N[C@H]1[C@H](O[C@H]2[C@H](OC(C)=O)[C@@H](NC(C)=O)[C@H](O[C@H]3[C@@H](OC(C)=O)[C@H](OC(C)=O)[C@@H](COC(C)=O)O[C@@H]3O)O[C@@H]2COC(C)=O)O[C@H](COC(C)=O)[C@H](OC(C)=O)[C@@H]1OC(C)=O. The minimum Gasteiger partial charge on any atom is -0.463 e. The molecule has 2 amide bonds. The van der Waals surface area contributed by atoms with Crippen molar-refractivity contribution in [1.82, 2.24) is 10.6 Å². The summed E-state index contributed by atoms with van der Waals surface area (Å²) in [5, 5.41) is 16.4. The molecule has 3 rings (SSSR count). The lowest BCUT2D eigenvalue weighted by Gasteiger charge is -2.50. The molecule has 3 N–H and O–H groups in total. The number of rotatable bonds is 17. The molecular weight excluding hydrogens is 868 g/mol. The van der Waals surface area contributed by atoms with Crippen molar-refractivity contribution in [1.29, 1.82) is 0 Å². The van der Waals surface area contributed by atoms with Crippen molar-refractivity contribution in [2.45, 2.75) is 161 Å². The number of aliphatic hydroxyl groups is 1. The fourth-order valence-corrected chi connectivity index (χ4v) is 6.99. The van der Waals surface area contributed by atoms with Gasteiger partial charge in [0.25, 0.3) is 0 Å². The highest BCUT2D eigenvalue weighted by molar-refractivity contribution is 5.74. The van der Waals surface area contributed by atoms with E-state index in [9.17, 15) is 53.1 Å². The molecular formula is C38H54N2O24. The number of hydrogen-bond donors (Lipinski definition) is 3. The summed E-state index contributed by atoms with van der Waals surface area (Å²) in [5.41, 5.74) is 0. The van der Waals surface area contributed by atoms with E-state index in [1.807, 2.05) is 0 Å². The molecule has 360 valence electrons. The van der Waals surface area contributed by atoms with Crippen LogP contribution in [-0.4, -0.2) is 176 Å². The van der Waals surface area contributed by atoms with Crippen LogP contribution < -0.4 is 10.6 Å². The second-order valence-electron chi connectivity index (χ2n) is 14.6. The second kappa shape index (κ2) is 23.9. The fourth-order valence-electron chi connectivity index (χ4n) is 6.99. The van der Waals surface area contributed by atoms with Gasteiger partial charge in [-0.3, -0.25) is 47.9 Å². The maximum atomic E-state index is 12.9. The third-order valence-electron chi connectivity index (χ3n) is 9.09. The first-order chi connectivity index (χ1) is 29.9. The minimum absolute atomic E-state index is 0.605. The molecule has 0 aromatic heterocycles. The zero-order valence-corrected chi connectivity index (χ0v) is 36.6. The zero-order chi connectivity index (χ0) is 48.2. The molecule has 64 heavy (non-hydrogen) atoms. The van der Waals surface area contributed by atoms with Crippen LogP contribution in [0.5, 0.6) is 0 Å². The lowest BCUT2D eigenvalue weighted by Crippen LogP contribution is -2.71. The average molecular weight is 923 g/mol. The van der Waals surface area contributed by atoms with E-state index >= 15 is 0 Å². The Morgan fingerprint density at radius 3 is 1.05 bits per heavy atom. The first-order valence-electron chi connectivity index (χ1n) is 19.6. The van der Waals surface area contributed by atoms with Gasteiger partial charge in [0.2, 0.25) is 11.8 Å². The molecule has 26 nitrogen and oxygen atoms in total. The third-order valence-corrected chi connectivity index (χ3v) is 9.09. The van der Waals surface area contributed by atoms with E-state index in [0.717, 1.165) is 69.2 Å². The molecule has 3 aliphatic heterocycles. The van der Waals surface area contributed by atoms with Crippen molar-refractivity contribution < 1.29 is 115 Å². The number of nitrogens with one attached hydrogen (secondary N) is 2. The summed E-state index contributed by atoms with van der Waals surface area (Å²) in [7, 11) is 0. The van der Waals surface area contributed by atoms with Gasteiger partial charge in [-0.1, -0.05) is 0 Å². The normalized spacial score (nSPS) is 32.3. The first kappa shape index (κ1) is 52.8. The molecule has 3 aliphatic rings. The summed E-state index contributed by atoms with van der Waals surface area (Å²) >= 11 is 0. The number of hydrogen-bond acceptors (Lipinski definition) is 24.